The van der Waals surface area contributed by atoms with Crippen molar-refractivity contribution in [2.24, 2.45) is 0 Å². The second kappa shape index (κ2) is 7.27. The molecule has 1 N–H and O–H groups in total. The third-order valence-corrected chi connectivity index (χ3v) is 3.36. The van der Waals surface area contributed by atoms with Crippen molar-refractivity contribution in [1.82, 2.24) is 4.98 Å². The summed E-state index contributed by atoms with van der Waals surface area (Å²) in [6, 6.07) is 3.52. The van der Waals surface area contributed by atoms with Crippen molar-refractivity contribution in [2.45, 2.75) is 18.3 Å². The van der Waals surface area contributed by atoms with E-state index in [2.05, 4.69) is 18.8 Å². The van der Waals surface area contributed by atoms with Crippen LogP contribution in [0.25, 0.3) is 0 Å². The summed E-state index contributed by atoms with van der Waals surface area (Å²) in [4.78, 5) is 28.6. The first-order valence-corrected chi connectivity index (χ1v) is 5.64. The third kappa shape index (κ3) is 2.79. The molecule has 1 aliphatic heterocycles. The van der Waals surface area contributed by atoms with E-state index in [-0.39, 0.29) is 52.6 Å². The van der Waals surface area contributed by atoms with Crippen molar-refractivity contribution in [2.75, 3.05) is 11.4 Å². The van der Waals surface area contributed by atoms with Crippen LogP contribution in [0.5, 0.6) is 0 Å². The van der Waals surface area contributed by atoms with Crippen molar-refractivity contribution in [3.8, 4) is 0 Å². The standard InChI is InChI=1S/C13H14N2O3.CH3.Y/c1-3-13(4-2)9-6-5-7-14-11(9)15(12(13)18)8-10(16)17;;/h5-7H,1-4,8H2,(H,16,17);1H3;/q-2;-1;+3. The van der Waals surface area contributed by atoms with Crippen LogP contribution in [0.4, 0.5) is 5.82 Å². The molecular formula is C14H17N2O3Y. The van der Waals surface area contributed by atoms with Gasteiger partial charge in [-0.2, -0.15) is 12.8 Å². The van der Waals surface area contributed by atoms with Crippen LogP contribution in [0.15, 0.2) is 18.3 Å². The Morgan fingerprint density at radius 3 is 2.50 bits per heavy atom. The van der Waals surface area contributed by atoms with Gasteiger partial charge >= 0.3 is 38.7 Å². The van der Waals surface area contributed by atoms with Crippen molar-refractivity contribution in [1.29, 1.82) is 0 Å². The molecule has 2 heterocycles. The van der Waals surface area contributed by atoms with Gasteiger partial charge in [0, 0.05) is 17.2 Å². The van der Waals surface area contributed by atoms with Crippen LogP contribution in [0.1, 0.15) is 18.4 Å². The Labute approximate surface area is 144 Å². The summed E-state index contributed by atoms with van der Waals surface area (Å²) in [6.07, 6.45) is 2.22. The van der Waals surface area contributed by atoms with Crippen molar-refractivity contribution >= 4 is 17.7 Å². The van der Waals surface area contributed by atoms with Crippen LogP contribution < -0.4 is 4.90 Å². The zero-order chi connectivity index (χ0) is 13.3. The maximum atomic E-state index is 12.4. The number of carboxylic acid groups (broad SMARTS) is 1. The maximum absolute atomic E-state index is 12.4. The molecule has 1 aromatic heterocycles. The van der Waals surface area contributed by atoms with Crippen LogP contribution >= 0.6 is 0 Å². The predicted molar refractivity (Wildman–Crippen MR) is 72.3 cm³/mol. The summed E-state index contributed by atoms with van der Waals surface area (Å²) < 4.78 is 0. The van der Waals surface area contributed by atoms with Crippen LogP contribution in [0.2, 0.25) is 0 Å². The minimum atomic E-state index is -1.07. The second-order valence-corrected chi connectivity index (χ2v) is 4.24. The topological polar surface area (TPSA) is 70.5 Å². The number of fused-ring (bicyclic) bond motifs is 1. The number of rotatable bonds is 4. The molecule has 1 aliphatic rings. The van der Waals surface area contributed by atoms with E-state index < -0.39 is 11.4 Å². The number of aromatic nitrogens is 1. The van der Waals surface area contributed by atoms with Crippen molar-refractivity contribution in [3.63, 3.8) is 0 Å². The largest absolute Gasteiger partial charge is 3.00 e. The Kier molecular flexibility index (Phi) is 6.98. The van der Waals surface area contributed by atoms with Crippen molar-refractivity contribution in [3.05, 3.63) is 45.2 Å². The number of anilines is 1. The van der Waals surface area contributed by atoms with E-state index in [1.807, 2.05) is 0 Å². The van der Waals surface area contributed by atoms with Crippen molar-refractivity contribution < 1.29 is 47.4 Å². The van der Waals surface area contributed by atoms with Crippen LogP contribution in [-0.4, -0.2) is 28.5 Å². The summed E-state index contributed by atoms with van der Waals surface area (Å²) in [5, 5.41) is 8.88. The number of aliphatic carboxylic acids is 1. The van der Waals surface area contributed by atoms with Crippen LogP contribution in [0.3, 0.4) is 0 Å². The Balaban J connectivity index is 0.00000180. The molecule has 20 heavy (non-hydrogen) atoms. The molecule has 1 amide bonds. The average Bonchev–Trinajstić information content (AvgIpc) is 2.60. The summed E-state index contributed by atoms with van der Waals surface area (Å²) in [5.41, 5.74) is -0.111. The third-order valence-electron chi connectivity index (χ3n) is 3.36. The number of amides is 1. The van der Waals surface area contributed by atoms with Gasteiger partial charge in [0.25, 0.3) is 0 Å². The molecule has 104 valence electrons. The monoisotopic (exact) mass is 350 g/mol. The Hall–Kier alpha value is -0.806. The van der Waals surface area contributed by atoms with Gasteiger partial charge in [0.1, 0.15) is 12.4 Å². The second-order valence-electron chi connectivity index (χ2n) is 4.24. The summed E-state index contributed by atoms with van der Waals surface area (Å²) in [6.45, 7) is 7.24. The minimum absolute atomic E-state index is 0. The average molecular weight is 350 g/mol. The van der Waals surface area contributed by atoms with Gasteiger partial charge in [-0.3, -0.25) is 14.5 Å². The molecule has 0 radical (unpaired) electrons. The molecule has 0 spiro atoms. The summed E-state index contributed by atoms with van der Waals surface area (Å²) in [7, 11) is 0. The molecule has 0 fully saturated rings. The molecular weight excluding hydrogens is 333 g/mol. The predicted octanol–water partition coefficient (Wildman–Crippen LogP) is 1.65. The van der Waals surface area contributed by atoms with Gasteiger partial charge in [-0.15, -0.1) is 0 Å². The normalized spacial score (nSPS) is 15.1. The Morgan fingerprint density at radius 1 is 1.40 bits per heavy atom. The van der Waals surface area contributed by atoms with Crippen LogP contribution in [0, 0.1) is 21.3 Å². The number of pyridine rings is 1. The van der Waals surface area contributed by atoms with E-state index in [4.69, 9.17) is 5.11 Å². The fourth-order valence-electron chi connectivity index (χ4n) is 2.35. The van der Waals surface area contributed by atoms with Gasteiger partial charge in [-0.25, -0.2) is 4.98 Å². The molecule has 0 bridgehead atoms. The Bertz CT molecular complexity index is 501. The zero-order valence-corrected chi connectivity index (χ0v) is 14.3. The van der Waals surface area contributed by atoms with E-state index in [1.54, 1.807) is 18.3 Å². The zero-order valence-electron chi connectivity index (χ0n) is 11.5. The van der Waals surface area contributed by atoms with E-state index in [1.165, 1.54) is 4.90 Å². The van der Waals surface area contributed by atoms with E-state index in [0.717, 1.165) is 5.56 Å². The SMILES string of the molecule is [CH2-]CC1(C[CH2-])C(=O)N(CC(=O)O)c2ncccc21.[CH3-].[Y+3]. The van der Waals surface area contributed by atoms with E-state index >= 15 is 0 Å². The number of hydrogen-bond acceptors (Lipinski definition) is 3. The number of carbonyl (C=O) groups is 2. The number of carbonyl (C=O) groups excluding carboxylic acids is 1. The van der Waals surface area contributed by atoms with Crippen LogP contribution in [-0.2, 0) is 47.7 Å². The Morgan fingerprint density at radius 2 is 2.00 bits per heavy atom. The number of nitrogens with zero attached hydrogens (tertiary/aromatic N) is 2. The first-order chi connectivity index (χ1) is 8.56. The molecule has 0 saturated carbocycles. The molecule has 0 unspecified atom stereocenters. The number of carboxylic acids is 1. The fourth-order valence-corrected chi connectivity index (χ4v) is 2.35. The van der Waals surface area contributed by atoms with E-state index in [9.17, 15) is 9.59 Å². The first-order valence-electron chi connectivity index (χ1n) is 5.64. The quantitative estimate of drug-likeness (QED) is 0.839. The molecule has 0 aromatic carbocycles. The molecule has 1 aromatic rings. The van der Waals surface area contributed by atoms with Gasteiger partial charge < -0.3 is 26.4 Å². The molecule has 0 aliphatic carbocycles. The summed E-state index contributed by atoms with van der Waals surface area (Å²) >= 11 is 0. The minimum Gasteiger partial charge on any atom is -0.480 e. The molecule has 5 nitrogen and oxygen atoms in total. The fraction of sp³-hybridized carbons (Fsp3) is 0.286. The van der Waals surface area contributed by atoms with Gasteiger partial charge in [0.2, 0.25) is 5.91 Å². The molecule has 0 atom stereocenters. The van der Waals surface area contributed by atoms with Gasteiger partial charge in [0.15, 0.2) is 0 Å². The smallest absolute Gasteiger partial charge is 0.480 e. The summed E-state index contributed by atoms with van der Waals surface area (Å²) in [5.74, 6) is -0.926. The molecule has 0 saturated heterocycles. The van der Waals surface area contributed by atoms with Gasteiger partial charge in [0.05, 0.1) is 0 Å². The van der Waals surface area contributed by atoms with E-state index in [0.29, 0.717) is 18.7 Å². The first kappa shape index (κ1) is 19.2. The molecule has 6 heteroatoms. The number of hydrogen-bond donors (Lipinski definition) is 1. The molecule has 2 rings (SSSR count). The van der Waals surface area contributed by atoms with Gasteiger partial charge in [-0.05, 0) is 6.07 Å². The maximum Gasteiger partial charge on any atom is 3.00 e. The van der Waals surface area contributed by atoms with Gasteiger partial charge in [-0.1, -0.05) is 6.07 Å².